The number of thiazole rings is 1. The summed E-state index contributed by atoms with van der Waals surface area (Å²) >= 11 is 1.19. The van der Waals surface area contributed by atoms with Gasteiger partial charge in [-0.1, -0.05) is 52.9 Å². The fourth-order valence-corrected chi connectivity index (χ4v) is 4.26. The molecule has 0 bridgehead atoms. The Labute approximate surface area is 191 Å². The van der Waals surface area contributed by atoms with Crippen molar-refractivity contribution >= 4 is 38.3 Å². The van der Waals surface area contributed by atoms with E-state index in [0.717, 1.165) is 5.56 Å². The van der Waals surface area contributed by atoms with E-state index in [1.165, 1.54) is 28.4 Å². The van der Waals surface area contributed by atoms with Crippen molar-refractivity contribution in [3.8, 4) is 11.3 Å². The van der Waals surface area contributed by atoms with Crippen LogP contribution in [0.5, 0.6) is 0 Å². The van der Waals surface area contributed by atoms with Crippen molar-refractivity contribution in [2.75, 3.05) is 4.90 Å². The number of fused-ring (bicyclic) bond motifs is 1. The van der Waals surface area contributed by atoms with Gasteiger partial charge in [0.25, 0.3) is 11.6 Å². The molecule has 0 aliphatic rings. The van der Waals surface area contributed by atoms with E-state index in [2.05, 4.69) is 15.1 Å². The average Bonchev–Trinajstić information content (AvgIpc) is 3.50. The fraction of sp³-hybridized carbons (Fsp3) is 0.0435. The van der Waals surface area contributed by atoms with E-state index in [1.807, 2.05) is 36.4 Å². The Balaban J connectivity index is 1.53. The molecule has 0 radical (unpaired) electrons. The van der Waals surface area contributed by atoms with Crippen molar-refractivity contribution in [3.63, 3.8) is 0 Å². The Morgan fingerprint density at radius 3 is 2.64 bits per heavy atom. The highest BCUT2D eigenvalue weighted by molar-refractivity contribution is 7.22. The SMILES string of the molecule is O=C(c1cc(-c2ccccc2)on1)N(Cc1ccccn1)c1nc2ccc([N+](=O)[O-])cc2s1. The third-order valence-electron chi connectivity index (χ3n) is 4.88. The molecule has 0 unspecified atom stereocenters. The van der Waals surface area contributed by atoms with Gasteiger partial charge in [-0.3, -0.25) is 24.8 Å². The Kier molecular flexibility index (Phi) is 5.33. The predicted octanol–water partition coefficient (Wildman–Crippen LogP) is 5.10. The minimum Gasteiger partial charge on any atom is -0.355 e. The number of carbonyl (C=O) groups excluding carboxylic acids is 1. The van der Waals surface area contributed by atoms with Crippen LogP contribution in [0.2, 0.25) is 0 Å². The molecule has 1 amide bonds. The van der Waals surface area contributed by atoms with Gasteiger partial charge < -0.3 is 4.52 Å². The third-order valence-corrected chi connectivity index (χ3v) is 5.92. The number of non-ortho nitro benzene ring substituents is 1. The van der Waals surface area contributed by atoms with Crippen LogP contribution in [0.25, 0.3) is 21.5 Å². The maximum atomic E-state index is 13.5. The number of carbonyl (C=O) groups is 1. The highest BCUT2D eigenvalue weighted by Gasteiger charge is 2.26. The first kappa shape index (κ1) is 20.5. The van der Waals surface area contributed by atoms with Gasteiger partial charge in [0, 0.05) is 30.0 Å². The molecular weight excluding hydrogens is 442 g/mol. The van der Waals surface area contributed by atoms with Crippen LogP contribution in [0.4, 0.5) is 10.8 Å². The van der Waals surface area contributed by atoms with E-state index in [4.69, 9.17) is 4.52 Å². The molecule has 5 rings (SSSR count). The van der Waals surface area contributed by atoms with Crippen LogP contribution in [-0.4, -0.2) is 26.0 Å². The molecule has 9 nitrogen and oxygen atoms in total. The summed E-state index contributed by atoms with van der Waals surface area (Å²) < 4.78 is 6.00. The van der Waals surface area contributed by atoms with Crippen LogP contribution in [0, 0.1) is 10.1 Å². The lowest BCUT2D eigenvalue weighted by atomic mass is 10.1. The number of hydrogen-bond donors (Lipinski definition) is 0. The number of nitro benzene ring substituents is 1. The monoisotopic (exact) mass is 457 g/mol. The number of aromatic nitrogens is 3. The summed E-state index contributed by atoms with van der Waals surface area (Å²) in [6.45, 7) is 0.148. The van der Waals surface area contributed by atoms with Crippen molar-refractivity contribution in [2.24, 2.45) is 0 Å². The Bertz CT molecular complexity index is 1450. The summed E-state index contributed by atoms with van der Waals surface area (Å²) in [4.78, 5) is 34.5. The van der Waals surface area contributed by atoms with Crippen LogP contribution in [0.15, 0.2) is 83.5 Å². The molecule has 0 atom stereocenters. The second-order valence-corrected chi connectivity index (χ2v) is 8.07. The molecule has 0 spiro atoms. The van der Waals surface area contributed by atoms with Crippen molar-refractivity contribution in [1.82, 2.24) is 15.1 Å². The van der Waals surface area contributed by atoms with Crippen molar-refractivity contribution < 1.29 is 14.2 Å². The van der Waals surface area contributed by atoms with Gasteiger partial charge >= 0.3 is 0 Å². The van der Waals surface area contributed by atoms with E-state index in [9.17, 15) is 14.9 Å². The maximum Gasteiger partial charge on any atom is 0.282 e. The maximum absolute atomic E-state index is 13.5. The highest BCUT2D eigenvalue weighted by Crippen LogP contribution is 2.33. The quantitative estimate of drug-likeness (QED) is 0.257. The van der Waals surface area contributed by atoms with Crippen molar-refractivity contribution in [3.05, 3.63) is 100 Å². The number of anilines is 1. The van der Waals surface area contributed by atoms with Gasteiger partial charge in [0.1, 0.15) is 0 Å². The van der Waals surface area contributed by atoms with Crippen LogP contribution >= 0.6 is 11.3 Å². The number of pyridine rings is 1. The molecule has 5 aromatic rings. The molecule has 0 saturated heterocycles. The van der Waals surface area contributed by atoms with Gasteiger partial charge in [-0.25, -0.2) is 4.98 Å². The summed E-state index contributed by atoms with van der Waals surface area (Å²) in [7, 11) is 0. The Morgan fingerprint density at radius 2 is 1.88 bits per heavy atom. The number of nitro groups is 1. The summed E-state index contributed by atoms with van der Waals surface area (Å²) in [5, 5.41) is 15.5. The molecule has 3 aromatic heterocycles. The van der Waals surface area contributed by atoms with Crippen LogP contribution in [0.1, 0.15) is 16.2 Å². The zero-order valence-electron chi connectivity index (χ0n) is 17.0. The topological polar surface area (TPSA) is 115 Å². The van der Waals surface area contributed by atoms with E-state index in [-0.39, 0.29) is 17.9 Å². The largest absolute Gasteiger partial charge is 0.355 e. The number of nitrogens with zero attached hydrogens (tertiary/aromatic N) is 5. The van der Waals surface area contributed by atoms with Crippen LogP contribution < -0.4 is 4.90 Å². The number of hydrogen-bond acceptors (Lipinski definition) is 8. The molecule has 10 heteroatoms. The first-order valence-corrected chi connectivity index (χ1v) is 10.7. The predicted molar refractivity (Wildman–Crippen MR) is 123 cm³/mol. The van der Waals surface area contributed by atoms with Gasteiger partial charge in [-0.2, -0.15) is 0 Å². The summed E-state index contributed by atoms with van der Waals surface area (Å²) in [6, 6.07) is 20.8. The number of benzene rings is 2. The van der Waals surface area contributed by atoms with E-state index in [0.29, 0.717) is 26.8 Å². The van der Waals surface area contributed by atoms with Crippen molar-refractivity contribution in [1.29, 1.82) is 0 Å². The molecule has 0 aliphatic carbocycles. The molecule has 0 aliphatic heterocycles. The third kappa shape index (κ3) is 4.19. The van der Waals surface area contributed by atoms with Crippen LogP contribution in [0.3, 0.4) is 0 Å². The molecule has 2 aromatic carbocycles. The van der Waals surface area contributed by atoms with Gasteiger partial charge in [0.05, 0.1) is 27.4 Å². The van der Waals surface area contributed by atoms with E-state index in [1.54, 1.807) is 30.5 Å². The lowest BCUT2D eigenvalue weighted by molar-refractivity contribution is -0.384. The molecule has 33 heavy (non-hydrogen) atoms. The average molecular weight is 457 g/mol. The van der Waals surface area contributed by atoms with Gasteiger partial charge in [0.15, 0.2) is 16.6 Å². The fourth-order valence-electron chi connectivity index (χ4n) is 3.26. The zero-order chi connectivity index (χ0) is 22.8. The number of rotatable bonds is 6. The Hall–Kier alpha value is -4.44. The summed E-state index contributed by atoms with van der Waals surface area (Å²) in [5.41, 5.74) is 2.10. The van der Waals surface area contributed by atoms with Gasteiger partial charge in [0.2, 0.25) is 0 Å². The molecule has 0 N–H and O–H groups in total. The van der Waals surface area contributed by atoms with Crippen LogP contribution in [-0.2, 0) is 6.54 Å². The number of amides is 1. The Morgan fingerprint density at radius 1 is 1.06 bits per heavy atom. The molecule has 162 valence electrons. The standard InChI is InChI=1S/C23H15N5O4S/c29-22(19-13-20(32-26-19)15-6-2-1-3-7-15)27(14-16-8-4-5-11-24-16)23-25-18-10-9-17(28(30)31)12-21(18)33-23/h1-13H,14H2. The lowest BCUT2D eigenvalue weighted by Crippen LogP contribution is -2.31. The first-order chi connectivity index (χ1) is 16.1. The van der Waals surface area contributed by atoms with Gasteiger partial charge in [-0.15, -0.1) is 0 Å². The molecular formula is C23H15N5O4S. The van der Waals surface area contributed by atoms with E-state index < -0.39 is 10.8 Å². The lowest BCUT2D eigenvalue weighted by Gasteiger charge is -2.18. The minimum atomic E-state index is -0.462. The van der Waals surface area contributed by atoms with Gasteiger partial charge in [-0.05, 0) is 18.2 Å². The normalized spacial score (nSPS) is 10.9. The molecule has 0 fully saturated rings. The second kappa shape index (κ2) is 8.60. The van der Waals surface area contributed by atoms with Crippen molar-refractivity contribution in [2.45, 2.75) is 6.54 Å². The minimum absolute atomic E-state index is 0.0377. The molecule has 0 saturated carbocycles. The summed E-state index contributed by atoms with van der Waals surface area (Å²) in [6.07, 6.45) is 1.64. The molecule has 3 heterocycles. The summed E-state index contributed by atoms with van der Waals surface area (Å²) in [5.74, 6) is 0.0526. The first-order valence-electron chi connectivity index (χ1n) is 9.87. The smallest absolute Gasteiger partial charge is 0.282 e. The zero-order valence-corrected chi connectivity index (χ0v) is 17.8. The van der Waals surface area contributed by atoms with E-state index >= 15 is 0 Å². The second-order valence-electron chi connectivity index (χ2n) is 7.06. The highest BCUT2D eigenvalue weighted by atomic mass is 32.1.